The van der Waals surface area contributed by atoms with Crippen molar-refractivity contribution >= 4 is 38.6 Å². The minimum Gasteiger partial charge on any atom is -0.398 e. The van der Waals surface area contributed by atoms with E-state index in [0.717, 1.165) is 46.1 Å². The molecule has 1 fully saturated rings. The molecule has 0 saturated carbocycles. The zero-order chi connectivity index (χ0) is 13.6. The van der Waals surface area contributed by atoms with Crippen molar-refractivity contribution in [2.24, 2.45) is 13.0 Å². The first kappa shape index (κ1) is 12.8. The first-order valence-corrected chi connectivity index (χ1v) is 7.52. The SMILES string of the molecule is C[C@@H]1CCCN(c2nc3cc(N)c(Br)cc3n2C)C1. The Hall–Kier alpha value is -1.23. The molecule has 5 heteroatoms. The summed E-state index contributed by atoms with van der Waals surface area (Å²) in [5.41, 5.74) is 8.76. The number of anilines is 2. The third kappa shape index (κ3) is 2.20. The highest BCUT2D eigenvalue weighted by atomic mass is 79.9. The van der Waals surface area contributed by atoms with Gasteiger partial charge in [-0.1, -0.05) is 6.92 Å². The molecule has 2 N–H and O–H groups in total. The van der Waals surface area contributed by atoms with E-state index < -0.39 is 0 Å². The Kier molecular flexibility index (Phi) is 3.17. The molecule has 1 aliphatic rings. The quantitative estimate of drug-likeness (QED) is 0.820. The van der Waals surface area contributed by atoms with Gasteiger partial charge in [-0.2, -0.15) is 0 Å². The summed E-state index contributed by atoms with van der Waals surface area (Å²) < 4.78 is 3.10. The molecule has 2 heterocycles. The Morgan fingerprint density at radius 2 is 2.21 bits per heavy atom. The van der Waals surface area contributed by atoms with Gasteiger partial charge in [-0.15, -0.1) is 0 Å². The Labute approximate surface area is 121 Å². The molecule has 1 aromatic carbocycles. The number of imidazole rings is 1. The summed E-state index contributed by atoms with van der Waals surface area (Å²) in [4.78, 5) is 7.15. The molecule has 102 valence electrons. The first-order valence-electron chi connectivity index (χ1n) is 6.72. The van der Waals surface area contributed by atoms with Gasteiger partial charge >= 0.3 is 0 Å². The van der Waals surface area contributed by atoms with Crippen molar-refractivity contribution in [2.75, 3.05) is 23.7 Å². The maximum absolute atomic E-state index is 5.94. The third-order valence-corrected chi connectivity index (χ3v) is 4.60. The van der Waals surface area contributed by atoms with Crippen LogP contribution in [0.4, 0.5) is 11.6 Å². The normalized spacial score (nSPS) is 20.2. The number of rotatable bonds is 1. The first-order chi connectivity index (χ1) is 9.06. The molecule has 1 aliphatic heterocycles. The van der Waals surface area contributed by atoms with Gasteiger partial charge in [0.25, 0.3) is 0 Å². The van der Waals surface area contributed by atoms with Crippen molar-refractivity contribution in [3.05, 3.63) is 16.6 Å². The van der Waals surface area contributed by atoms with Gasteiger partial charge in [0.05, 0.1) is 11.0 Å². The van der Waals surface area contributed by atoms with Gasteiger partial charge in [0.15, 0.2) is 0 Å². The Morgan fingerprint density at radius 3 is 2.95 bits per heavy atom. The van der Waals surface area contributed by atoms with Crippen LogP contribution in [0.2, 0.25) is 0 Å². The number of hydrogen-bond acceptors (Lipinski definition) is 3. The lowest BCUT2D eigenvalue weighted by Crippen LogP contribution is -2.35. The summed E-state index contributed by atoms with van der Waals surface area (Å²) in [5.74, 6) is 1.80. The van der Waals surface area contributed by atoms with Gasteiger partial charge < -0.3 is 15.2 Å². The van der Waals surface area contributed by atoms with E-state index in [1.54, 1.807) is 0 Å². The third-order valence-electron chi connectivity index (χ3n) is 3.92. The Balaban J connectivity index is 2.07. The van der Waals surface area contributed by atoms with Gasteiger partial charge in [0.2, 0.25) is 5.95 Å². The molecule has 1 saturated heterocycles. The number of nitrogen functional groups attached to an aromatic ring is 1. The molecule has 0 amide bonds. The molecule has 1 atom stereocenters. The zero-order valence-corrected chi connectivity index (χ0v) is 12.9. The number of benzene rings is 1. The smallest absolute Gasteiger partial charge is 0.206 e. The number of aryl methyl sites for hydroxylation is 1. The highest BCUT2D eigenvalue weighted by Gasteiger charge is 2.21. The van der Waals surface area contributed by atoms with Gasteiger partial charge in [-0.05, 0) is 46.8 Å². The molecular weight excluding hydrogens is 304 g/mol. The van der Waals surface area contributed by atoms with Crippen molar-refractivity contribution in [1.29, 1.82) is 0 Å². The van der Waals surface area contributed by atoms with Gasteiger partial charge in [-0.25, -0.2) is 4.98 Å². The molecular formula is C14H19BrN4. The van der Waals surface area contributed by atoms with E-state index >= 15 is 0 Å². The fourth-order valence-electron chi connectivity index (χ4n) is 2.87. The summed E-state index contributed by atoms with van der Waals surface area (Å²) in [5, 5.41) is 0. The zero-order valence-electron chi connectivity index (χ0n) is 11.4. The fourth-order valence-corrected chi connectivity index (χ4v) is 3.20. The van der Waals surface area contributed by atoms with Gasteiger partial charge in [0.1, 0.15) is 0 Å². The molecule has 0 aliphatic carbocycles. The van der Waals surface area contributed by atoms with Crippen LogP contribution in [-0.2, 0) is 7.05 Å². The van der Waals surface area contributed by atoms with E-state index in [0.29, 0.717) is 0 Å². The van der Waals surface area contributed by atoms with E-state index in [9.17, 15) is 0 Å². The molecule has 0 spiro atoms. The predicted molar refractivity (Wildman–Crippen MR) is 83.4 cm³/mol. The number of piperidine rings is 1. The van der Waals surface area contributed by atoms with Crippen LogP contribution in [0, 0.1) is 5.92 Å². The van der Waals surface area contributed by atoms with Gasteiger partial charge in [-0.3, -0.25) is 0 Å². The van der Waals surface area contributed by atoms with Crippen LogP contribution in [0.1, 0.15) is 19.8 Å². The number of halogens is 1. The summed E-state index contributed by atoms with van der Waals surface area (Å²) in [6, 6.07) is 3.99. The number of fused-ring (bicyclic) bond motifs is 1. The predicted octanol–water partition coefficient (Wildman–Crippen LogP) is 3.15. The lowest BCUT2D eigenvalue weighted by molar-refractivity contribution is 0.440. The van der Waals surface area contributed by atoms with E-state index in [1.165, 1.54) is 12.8 Å². The van der Waals surface area contributed by atoms with Crippen LogP contribution < -0.4 is 10.6 Å². The highest BCUT2D eigenvalue weighted by Crippen LogP contribution is 2.30. The summed E-state index contributed by atoms with van der Waals surface area (Å²) in [6.07, 6.45) is 2.56. The second-order valence-corrected chi connectivity index (χ2v) is 6.38. The largest absolute Gasteiger partial charge is 0.398 e. The molecule has 0 radical (unpaired) electrons. The highest BCUT2D eigenvalue weighted by molar-refractivity contribution is 9.10. The number of hydrogen-bond donors (Lipinski definition) is 1. The summed E-state index contributed by atoms with van der Waals surface area (Å²) >= 11 is 3.49. The van der Waals surface area contributed by atoms with Crippen molar-refractivity contribution in [2.45, 2.75) is 19.8 Å². The van der Waals surface area contributed by atoms with Crippen LogP contribution in [0.15, 0.2) is 16.6 Å². The Morgan fingerprint density at radius 1 is 1.42 bits per heavy atom. The molecule has 0 unspecified atom stereocenters. The fraction of sp³-hybridized carbons (Fsp3) is 0.500. The van der Waals surface area contributed by atoms with Crippen LogP contribution in [0.25, 0.3) is 11.0 Å². The van der Waals surface area contributed by atoms with E-state index in [4.69, 9.17) is 10.7 Å². The lowest BCUT2D eigenvalue weighted by Gasteiger charge is -2.31. The second kappa shape index (κ2) is 4.71. The molecule has 4 nitrogen and oxygen atoms in total. The van der Waals surface area contributed by atoms with Crippen LogP contribution in [-0.4, -0.2) is 22.6 Å². The standard InChI is InChI=1S/C14H19BrN4/c1-9-4-3-5-19(8-9)14-17-12-7-11(16)10(15)6-13(12)18(14)2/h6-7,9H,3-5,8,16H2,1-2H3/t9-/m1/s1. The lowest BCUT2D eigenvalue weighted by atomic mass is 10.0. The molecule has 19 heavy (non-hydrogen) atoms. The maximum atomic E-state index is 5.94. The second-order valence-electron chi connectivity index (χ2n) is 5.53. The van der Waals surface area contributed by atoms with Crippen molar-refractivity contribution < 1.29 is 0 Å². The van der Waals surface area contributed by atoms with Crippen molar-refractivity contribution in [3.63, 3.8) is 0 Å². The monoisotopic (exact) mass is 322 g/mol. The van der Waals surface area contributed by atoms with E-state index in [1.807, 2.05) is 6.07 Å². The van der Waals surface area contributed by atoms with Crippen LogP contribution >= 0.6 is 15.9 Å². The average Bonchev–Trinajstić information content (AvgIpc) is 2.68. The molecule has 0 bridgehead atoms. The van der Waals surface area contributed by atoms with E-state index in [-0.39, 0.29) is 0 Å². The van der Waals surface area contributed by atoms with Gasteiger partial charge in [0, 0.05) is 30.3 Å². The molecule has 3 rings (SSSR count). The molecule has 2 aromatic rings. The Bertz CT molecular complexity index is 619. The minimum atomic E-state index is 0.740. The van der Waals surface area contributed by atoms with E-state index in [2.05, 4.69) is 45.4 Å². The molecule has 1 aromatic heterocycles. The van der Waals surface area contributed by atoms with Crippen molar-refractivity contribution in [1.82, 2.24) is 9.55 Å². The number of aromatic nitrogens is 2. The van der Waals surface area contributed by atoms with Crippen molar-refractivity contribution in [3.8, 4) is 0 Å². The average molecular weight is 323 g/mol. The van der Waals surface area contributed by atoms with Crippen LogP contribution in [0.5, 0.6) is 0 Å². The van der Waals surface area contributed by atoms with Crippen LogP contribution in [0.3, 0.4) is 0 Å². The topological polar surface area (TPSA) is 47.1 Å². The minimum absolute atomic E-state index is 0.740. The number of nitrogens with two attached hydrogens (primary N) is 1. The summed E-state index contributed by atoms with van der Waals surface area (Å²) in [6.45, 7) is 4.50. The summed E-state index contributed by atoms with van der Waals surface area (Å²) in [7, 11) is 2.08. The number of nitrogens with zero attached hydrogens (tertiary/aromatic N) is 3. The maximum Gasteiger partial charge on any atom is 0.206 e.